The predicted molar refractivity (Wildman–Crippen MR) is 77.6 cm³/mol. The Bertz CT molecular complexity index is 549. The quantitative estimate of drug-likeness (QED) is 0.864. The Hall–Kier alpha value is -1.64. The van der Waals surface area contributed by atoms with Crippen molar-refractivity contribution in [3.8, 4) is 11.1 Å². The van der Waals surface area contributed by atoms with E-state index in [0.29, 0.717) is 0 Å². The van der Waals surface area contributed by atoms with Crippen LogP contribution in [0, 0.1) is 0 Å². The van der Waals surface area contributed by atoms with Gasteiger partial charge in [0.15, 0.2) is 0 Å². The summed E-state index contributed by atoms with van der Waals surface area (Å²) < 4.78 is 0. The van der Waals surface area contributed by atoms with Crippen molar-refractivity contribution in [3.63, 3.8) is 0 Å². The maximum Gasteiger partial charge on any atom is 0.105 e. The largest absolute Gasteiger partial charge is 0.384 e. The third-order valence-corrected chi connectivity index (χ3v) is 4.18. The van der Waals surface area contributed by atoms with Crippen LogP contribution < -0.4 is 5.73 Å². The molecule has 3 N–H and O–H groups in total. The summed E-state index contributed by atoms with van der Waals surface area (Å²) in [4.78, 5) is 0. The fourth-order valence-corrected chi connectivity index (χ4v) is 2.96. The van der Waals surface area contributed by atoms with E-state index in [4.69, 9.17) is 5.73 Å². The van der Waals surface area contributed by atoms with Gasteiger partial charge in [-0.15, -0.1) is 0 Å². The molecule has 2 nitrogen and oxygen atoms in total. The van der Waals surface area contributed by atoms with E-state index >= 15 is 0 Å². The molecule has 1 fully saturated rings. The molecule has 0 radical (unpaired) electrons. The summed E-state index contributed by atoms with van der Waals surface area (Å²) in [5.74, 6) is 0. The minimum Gasteiger partial charge on any atom is -0.384 e. The first-order valence-electron chi connectivity index (χ1n) is 6.84. The monoisotopic (exact) mass is 253 g/mol. The normalized spacial score (nSPS) is 26.5. The van der Waals surface area contributed by atoms with Crippen molar-refractivity contribution >= 4 is 0 Å². The number of rotatable bonds is 2. The molecule has 1 aliphatic rings. The summed E-state index contributed by atoms with van der Waals surface area (Å²) in [6.45, 7) is 0. The fraction of sp³-hybridized carbons (Fsp3) is 0.294. The number of hydrogen-bond acceptors (Lipinski definition) is 2. The molecule has 0 bridgehead atoms. The van der Waals surface area contributed by atoms with Gasteiger partial charge < -0.3 is 10.8 Å². The second-order valence-electron chi connectivity index (χ2n) is 5.37. The van der Waals surface area contributed by atoms with Gasteiger partial charge in [-0.05, 0) is 36.0 Å². The highest BCUT2D eigenvalue weighted by Gasteiger charge is 2.40. The molecule has 2 aromatic carbocycles. The van der Waals surface area contributed by atoms with E-state index in [-0.39, 0.29) is 6.04 Å². The second kappa shape index (κ2) is 4.80. The maximum absolute atomic E-state index is 10.7. The van der Waals surface area contributed by atoms with Crippen molar-refractivity contribution in [2.45, 2.75) is 30.9 Å². The summed E-state index contributed by atoms with van der Waals surface area (Å²) in [5.41, 5.74) is 8.51. The topological polar surface area (TPSA) is 46.2 Å². The van der Waals surface area contributed by atoms with E-state index in [1.54, 1.807) is 0 Å². The van der Waals surface area contributed by atoms with Crippen molar-refractivity contribution in [3.05, 3.63) is 60.2 Å². The lowest BCUT2D eigenvalue weighted by atomic mass is 9.88. The molecule has 1 saturated carbocycles. The van der Waals surface area contributed by atoms with Crippen molar-refractivity contribution in [1.29, 1.82) is 0 Å². The molecule has 0 heterocycles. The molecule has 0 unspecified atom stereocenters. The van der Waals surface area contributed by atoms with Gasteiger partial charge in [-0.2, -0.15) is 0 Å². The smallest absolute Gasteiger partial charge is 0.105 e. The molecule has 98 valence electrons. The summed E-state index contributed by atoms with van der Waals surface area (Å²) in [6.07, 6.45) is 2.66. The molecule has 2 atom stereocenters. The van der Waals surface area contributed by atoms with Gasteiger partial charge in [-0.3, -0.25) is 0 Å². The van der Waals surface area contributed by atoms with Gasteiger partial charge in [-0.1, -0.05) is 54.6 Å². The van der Waals surface area contributed by atoms with Gasteiger partial charge >= 0.3 is 0 Å². The van der Waals surface area contributed by atoms with Crippen LogP contribution in [0.1, 0.15) is 24.8 Å². The molecular weight excluding hydrogens is 234 g/mol. The van der Waals surface area contributed by atoms with E-state index in [9.17, 15) is 5.11 Å². The van der Waals surface area contributed by atoms with Crippen LogP contribution in [-0.4, -0.2) is 11.1 Å². The minimum atomic E-state index is -0.838. The van der Waals surface area contributed by atoms with Gasteiger partial charge in [0.1, 0.15) is 5.60 Å². The maximum atomic E-state index is 10.7. The first-order valence-corrected chi connectivity index (χ1v) is 6.84. The molecule has 0 amide bonds. The second-order valence-corrected chi connectivity index (χ2v) is 5.37. The van der Waals surface area contributed by atoms with E-state index in [1.807, 2.05) is 30.3 Å². The Balaban J connectivity index is 1.91. The average Bonchev–Trinajstić information content (AvgIpc) is 2.81. The van der Waals surface area contributed by atoms with Crippen LogP contribution in [-0.2, 0) is 5.60 Å². The van der Waals surface area contributed by atoms with Crippen LogP contribution in [0.25, 0.3) is 11.1 Å². The Kier molecular flexibility index (Phi) is 3.13. The number of benzene rings is 2. The highest BCUT2D eigenvalue weighted by atomic mass is 16.3. The molecule has 3 rings (SSSR count). The van der Waals surface area contributed by atoms with Gasteiger partial charge in [0, 0.05) is 6.04 Å². The molecule has 0 spiro atoms. The fourth-order valence-electron chi connectivity index (χ4n) is 2.96. The van der Waals surface area contributed by atoms with E-state index in [1.165, 1.54) is 11.1 Å². The summed E-state index contributed by atoms with van der Waals surface area (Å²) in [5, 5.41) is 10.7. The Labute approximate surface area is 113 Å². The lowest BCUT2D eigenvalue weighted by molar-refractivity contribution is 0.0282. The summed E-state index contributed by atoms with van der Waals surface area (Å²) in [7, 11) is 0. The van der Waals surface area contributed by atoms with Gasteiger partial charge in [0.25, 0.3) is 0 Å². The van der Waals surface area contributed by atoms with Crippen LogP contribution in [0.5, 0.6) is 0 Å². The third-order valence-electron chi connectivity index (χ3n) is 4.18. The molecule has 0 aromatic heterocycles. The minimum absolute atomic E-state index is 0.143. The van der Waals surface area contributed by atoms with Crippen LogP contribution >= 0.6 is 0 Å². The van der Waals surface area contributed by atoms with Gasteiger partial charge in [0.05, 0.1) is 0 Å². The molecule has 2 heteroatoms. The van der Waals surface area contributed by atoms with Gasteiger partial charge in [-0.25, -0.2) is 0 Å². The van der Waals surface area contributed by atoms with Crippen LogP contribution in [0.3, 0.4) is 0 Å². The molecular formula is C17H19NO. The first kappa shape index (κ1) is 12.4. The zero-order valence-corrected chi connectivity index (χ0v) is 10.9. The standard InChI is InChI=1S/C17H19NO/c18-16-7-4-12-17(16,19)15-10-8-14(9-11-15)13-5-2-1-3-6-13/h1-3,5-6,8-11,16,19H,4,7,12,18H2/t16-,17-/m0/s1. The summed E-state index contributed by atoms with van der Waals surface area (Å²) >= 11 is 0. The van der Waals surface area contributed by atoms with Crippen LogP contribution in [0.4, 0.5) is 0 Å². The highest BCUT2D eigenvalue weighted by Crippen LogP contribution is 2.38. The van der Waals surface area contributed by atoms with E-state index in [0.717, 1.165) is 24.8 Å². The lowest BCUT2D eigenvalue weighted by Gasteiger charge is -2.28. The van der Waals surface area contributed by atoms with Crippen LogP contribution in [0.15, 0.2) is 54.6 Å². The van der Waals surface area contributed by atoms with Crippen molar-refractivity contribution in [2.75, 3.05) is 0 Å². The Morgan fingerprint density at radius 3 is 2.16 bits per heavy atom. The molecule has 0 saturated heterocycles. The zero-order valence-electron chi connectivity index (χ0n) is 10.9. The van der Waals surface area contributed by atoms with E-state index in [2.05, 4.69) is 24.3 Å². The molecule has 19 heavy (non-hydrogen) atoms. The third kappa shape index (κ3) is 2.18. The Morgan fingerprint density at radius 2 is 1.58 bits per heavy atom. The van der Waals surface area contributed by atoms with Crippen molar-refractivity contribution in [2.24, 2.45) is 5.73 Å². The molecule has 1 aliphatic carbocycles. The van der Waals surface area contributed by atoms with Crippen LogP contribution in [0.2, 0.25) is 0 Å². The van der Waals surface area contributed by atoms with Gasteiger partial charge in [0.2, 0.25) is 0 Å². The zero-order chi connectivity index (χ0) is 13.3. The molecule has 2 aromatic rings. The number of hydrogen-bond donors (Lipinski definition) is 2. The first-order chi connectivity index (χ1) is 9.20. The highest BCUT2D eigenvalue weighted by molar-refractivity contribution is 5.63. The van der Waals surface area contributed by atoms with E-state index < -0.39 is 5.60 Å². The lowest BCUT2D eigenvalue weighted by Crippen LogP contribution is -2.40. The summed E-state index contributed by atoms with van der Waals surface area (Å²) in [6, 6.07) is 18.2. The average molecular weight is 253 g/mol. The predicted octanol–water partition coefficient (Wildman–Crippen LogP) is 3.05. The van der Waals surface area contributed by atoms with Crippen molar-refractivity contribution in [1.82, 2.24) is 0 Å². The number of aliphatic hydroxyl groups is 1. The SMILES string of the molecule is N[C@H]1CCC[C@]1(O)c1ccc(-c2ccccc2)cc1. The molecule has 0 aliphatic heterocycles. The number of nitrogens with two attached hydrogens (primary N) is 1. The van der Waals surface area contributed by atoms with Crippen molar-refractivity contribution < 1.29 is 5.11 Å². The Morgan fingerprint density at radius 1 is 0.947 bits per heavy atom.